The molecule has 0 aromatic heterocycles. The van der Waals surface area contributed by atoms with Crippen LogP contribution in [0.3, 0.4) is 0 Å². The first-order valence-corrected chi connectivity index (χ1v) is 19.4. The van der Waals surface area contributed by atoms with Crippen LogP contribution < -0.4 is 14.7 Å². The van der Waals surface area contributed by atoms with Crippen LogP contribution in [0.25, 0.3) is 6.08 Å². The summed E-state index contributed by atoms with van der Waals surface area (Å²) in [4.78, 5) is 7.34. The Morgan fingerprint density at radius 3 is 1.32 bits per heavy atom. The maximum absolute atomic E-state index is 9.95. The normalized spacial score (nSPS) is 13.3. The molecule has 0 spiro atoms. The highest BCUT2D eigenvalue weighted by Crippen LogP contribution is 2.41. The minimum absolute atomic E-state index is 0.0443. The SMILES string of the molecule is CCCCN(CCCC)c1ccc(N(c2ccc(/C=C/C3=C(C#N)C(=C(C#N)C#N)OC3(C)C)cc2)c2ccc(N(CCCC)CCCC)cc2)cc1. The fraction of sp³-hybridized carbons (Fsp3) is 0.413. The molecule has 0 bridgehead atoms. The third-order valence-electron chi connectivity index (χ3n) is 9.73. The summed E-state index contributed by atoms with van der Waals surface area (Å²) in [6.07, 6.45) is 13.2. The van der Waals surface area contributed by atoms with E-state index < -0.39 is 5.60 Å². The summed E-state index contributed by atoms with van der Waals surface area (Å²) in [6.45, 7) is 16.9. The number of anilines is 5. The molecule has 3 aromatic rings. The predicted octanol–water partition coefficient (Wildman–Crippen LogP) is 11.9. The zero-order valence-corrected chi connectivity index (χ0v) is 32.7. The number of unbranched alkanes of at least 4 members (excludes halogenated alkanes) is 4. The van der Waals surface area contributed by atoms with Gasteiger partial charge in [0.05, 0.1) is 0 Å². The third kappa shape index (κ3) is 10.3. The molecule has 1 aliphatic heterocycles. The smallest absolute Gasteiger partial charge is 0.172 e. The molecule has 0 radical (unpaired) electrons. The molecular formula is C46H56N6O. The number of nitriles is 3. The molecule has 0 unspecified atom stereocenters. The van der Waals surface area contributed by atoms with Crippen molar-refractivity contribution in [3.05, 3.63) is 107 Å². The van der Waals surface area contributed by atoms with E-state index in [4.69, 9.17) is 4.74 Å². The number of nitrogens with zero attached hydrogens (tertiary/aromatic N) is 6. The summed E-state index contributed by atoms with van der Waals surface area (Å²) in [5, 5.41) is 28.8. The minimum atomic E-state index is -0.865. The van der Waals surface area contributed by atoms with Gasteiger partial charge in [0.15, 0.2) is 11.3 Å². The zero-order valence-electron chi connectivity index (χ0n) is 32.7. The van der Waals surface area contributed by atoms with Crippen LogP contribution in [-0.4, -0.2) is 31.8 Å². The van der Waals surface area contributed by atoms with Crippen molar-refractivity contribution in [1.82, 2.24) is 0 Å². The summed E-state index contributed by atoms with van der Waals surface area (Å²) >= 11 is 0. The molecule has 53 heavy (non-hydrogen) atoms. The second kappa shape index (κ2) is 20.0. The molecule has 3 aromatic carbocycles. The standard InChI is InChI=1S/C46H56N6O/c1-7-11-29-50(30-12-8-2)38-20-24-41(25-21-38)52(42-26-22-39(23-27-42)51(31-13-9-3)32-14-10-4)40-18-15-36(16-19-40)17-28-44-43(35-49)45(37(33-47)34-48)53-46(44,5)6/h15-28H,7-14,29-32H2,1-6H3/b28-17+. The number of benzene rings is 3. The van der Waals surface area contributed by atoms with Gasteiger partial charge >= 0.3 is 0 Å². The molecule has 0 saturated carbocycles. The van der Waals surface area contributed by atoms with Crippen molar-refractivity contribution in [3.63, 3.8) is 0 Å². The lowest BCUT2D eigenvalue weighted by Crippen LogP contribution is -2.25. The summed E-state index contributed by atoms with van der Waals surface area (Å²) in [6, 6.07) is 32.2. The Bertz CT molecular complexity index is 1750. The zero-order chi connectivity index (χ0) is 38.2. The Kier molecular flexibility index (Phi) is 15.2. The fourth-order valence-electron chi connectivity index (χ4n) is 6.60. The van der Waals surface area contributed by atoms with Gasteiger partial charge in [-0.3, -0.25) is 0 Å². The first-order chi connectivity index (χ1) is 25.7. The van der Waals surface area contributed by atoms with E-state index in [1.165, 1.54) is 62.7 Å². The number of ether oxygens (including phenoxy) is 1. The lowest BCUT2D eigenvalue weighted by Gasteiger charge is -2.29. The molecule has 0 N–H and O–H groups in total. The number of allylic oxidation sites excluding steroid dienone is 2. The van der Waals surface area contributed by atoms with Crippen molar-refractivity contribution in [3.8, 4) is 18.2 Å². The molecule has 1 heterocycles. The molecule has 0 saturated heterocycles. The van der Waals surface area contributed by atoms with Gasteiger partial charge in [0.25, 0.3) is 0 Å². The van der Waals surface area contributed by atoms with Crippen LogP contribution in [-0.2, 0) is 4.74 Å². The topological polar surface area (TPSA) is 90.3 Å². The van der Waals surface area contributed by atoms with Crippen molar-refractivity contribution in [1.29, 1.82) is 15.8 Å². The molecule has 0 aliphatic carbocycles. The molecule has 0 atom stereocenters. The number of hydrogen-bond acceptors (Lipinski definition) is 7. The molecule has 7 nitrogen and oxygen atoms in total. The van der Waals surface area contributed by atoms with Crippen LogP contribution in [0.5, 0.6) is 0 Å². The lowest BCUT2D eigenvalue weighted by atomic mass is 9.94. The highest BCUT2D eigenvalue weighted by Gasteiger charge is 2.38. The Morgan fingerprint density at radius 2 is 0.962 bits per heavy atom. The molecule has 7 heteroatoms. The maximum atomic E-state index is 9.95. The summed E-state index contributed by atoms with van der Waals surface area (Å²) < 4.78 is 5.94. The second-order valence-electron chi connectivity index (χ2n) is 14.1. The van der Waals surface area contributed by atoms with Crippen molar-refractivity contribution < 1.29 is 4.74 Å². The van der Waals surface area contributed by atoms with Crippen molar-refractivity contribution in [2.45, 2.75) is 98.5 Å². The van der Waals surface area contributed by atoms with Gasteiger partial charge in [-0.15, -0.1) is 0 Å². The van der Waals surface area contributed by atoms with E-state index in [0.717, 1.165) is 48.8 Å². The van der Waals surface area contributed by atoms with Gasteiger partial charge in [0.2, 0.25) is 0 Å². The van der Waals surface area contributed by atoms with Crippen LogP contribution >= 0.6 is 0 Å². The van der Waals surface area contributed by atoms with Gasteiger partial charge in [-0.1, -0.05) is 77.7 Å². The van der Waals surface area contributed by atoms with Crippen molar-refractivity contribution in [2.75, 3.05) is 40.9 Å². The Balaban J connectivity index is 1.72. The Morgan fingerprint density at radius 1 is 0.585 bits per heavy atom. The first-order valence-electron chi connectivity index (χ1n) is 19.4. The molecular weight excluding hydrogens is 653 g/mol. The summed E-state index contributed by atoms with van der Waals surface area (Å²) in [5.41, 5.74) is 6.44. The molecule has 1 aliphatic rings. The molecule has 4 rings (SSSR count). The Labute approximate surface area is 318 Å². The maximum Gasteiger partial charge on any atom is 0.172 e. The first kappa shape index (κ1) is 40.3. The fourth-order valence-corrected chi connectivity index (χ4v) is 6.60. The highest BCUT2D eigenvalue weighted by atomic mass is 16.5. The average Bonchev–Trinajstić information content (AvgIpc) is 3.44. The molecule has 0 amide bonds. The molecule has 276 valence electrons. The predicted molar refractivity (Wildman–Crippen MR) is 220 cm³/mol. The third-order valence-corrected chi connectivity index (χ3v) is 9.73. The monoisotopic (exact) mass is 708 g/mol. The minimum Gasteiger partial charge on any atom is -0.480 e. The summed E-state index contributed by atoms with van der Waals surface area (Å²) in [5.74, 6) is 0.0443. The van der Waals surface area contributed by atoms with E-state index in [2.05, 4.69) is 121 Å². The van der Waals surface area contributed by atoms with E-state index in [0.29, 0.717) is 5.57 Å². The highest BCUT2D eigenvalue weighted by molar-refractivity contribution is 5.79. The molecule has 0 fully saturated rings. The van der Waals surface area contributed by atoms with E-state index in [-0.39, 0.29) is 16.9 Å². The lowest BCUT2D eigenvalue weighted by molar-refractivity contribution is 0.0954. The van der Waals surface area contributed by atoms with Gasteiger partial charge in [-0.2, -0.15) is 15.8 Å². The number of hydrogen-bond donors (Lipinski definition) is 0. The van der Waals surface area contributed by atoms with Crippen LogP contribution in [0.2, 0.25) is 0 Å². The Hall–Kier alpha value is -5.45. The van der Waals surface area contributed by atoms with Gasteiger partial charge in [0.1, 0.15) is 29.4 Å². The van der Waals surface area contributed by atoms with Crippen LogP contribution in [0.1, 0.15) is 98.5 Å². The average molecular weight is 709 g/mol. The van der Waals surface area contributed by atoms with E-state index >= 15 is 0 Å². The van der Waals surface area contributed by atoms with Crippen LogP contribution in [0, 0.1) is 34.0 Å². The van der Waals surface area contributed by atoms with Crippen molar-refractivity contribution >= 4 is 34.5 Å². The van der Waals surface area contributed by atoms with Gasteiger partial charge in [-0.05, 0) is 106 Å². The summed E-state index contributed by atoms with van der Waals surface area (Å²) in [7, 11) is 0. The van der Waals surface area contributed by atoms with Gasteiger partial charge < -0.3 is 19.4 Å². The van der Waals surface area contributed by atoms with Gasteiger partial charge in [0, 0.05) is 60.2 Å². The van der Waals surface area contributed by atoms with Crippen LogP contribution in [0.15, 0.2) is 101 Å². The van der Waals surface area contributed by atoms with Crippen LogP contribution in [0.4, 0.5) is 28.4 Å². The largest absolute Gasteiger partial charge is 0.480 e. The number of rotatable bonds is 19. The second-order valence-corrected chi connectivity index (χ2v) is 14.1. The van der Waals surface area contributed by atoms with Crippen molar-refractivity contribution in [2.24, 2.45) is 0 Å². The van der Waals surface area contributed by atoms with E-state index in [1.807, 2.05) is 38.1 Å². The quantitative estimate of drug-likeness (QED) is 0.114. The van der Waals surface area contributed by atoms with E-state index in [9.17, 15) is 15.8 Å². The van der Waals surface area contributed by atoms with E-state index in [1.54, 1.807) is 0 Å². The van der Waals surface area contributed by atoms with Gasteiger partial charge in [-0.25, -0.2) is 0 Å².